The summed E-state index contributed by atoms with van der Waals surface area (Å²) in [6.45, 7) is 5.66. The lowest BCUT2D eigenvalue weighted by Gasteiger charge is -2.25. The zero-order valence-electron chi connectivity index (χ0n) is 21.4. The Kier molecular flexibility index (Phi) is 8.21. The molecule has 1 atom stereocenters. The van der Waals surface area contributed by atoms with Crippen molar-refractivity contribution < 1.29 is 29.0 Å². The van der Waals surface area contributed by atoms with E-state index in [4.69, 9.17) is 14.2 Å². The SMILES string of the molecule is CCOC(=O)C1=C(C)N=c2s/c(=C\c3cc(Br)cc([N+](=O)[O-])c3O)c(=O)n2[C@@H]1c1ccc(OC)c(OCC)c1. The van der Waals surface area contributed by atoms with Gasteiger partial charge in [0.2, 0.25) is 5.75 Å². The Morgan fingerprint density at radius 2 is 2.00 bits per heavy atom. The number of nitrogens with zero attached hydrogens (tertiary/aromatic N) is 3. The smallest absolute Gasteiger partial charge is 0.338 e. The van der Waals surface area contributed by atoms with Crippen LogP contribution in [0.15, 0.2) is 55.9 Å². The number of benzene rings is 2. The van der Waals surface area contributed by atoms with E-state index in [1.165, 1.54) is 29.9 Å². The van der Waals surface area contributed by atoms with E-state index in [0.717, 1.165) is 11.3 Å². The van der Waals surface area contributed by atoms with Crippen molar-refractivity contribution in [1.82, 2.24) is 4.57 Å². The Bertz CT molecular complexity index is 1690. The minimum Gasteiger partial charge on any atom is -0.502 e. The Morgan fingerprint density at radius 1 is 1.26 bits per heavy atom. The molecular formula is C26H24BrN3O8S. The van der Waals surface area contributed by atoms with Crippen molar-refractivity contribution in [2.45, 2.75) is 26.8 Å². The van der Waals surface area contributed by atoms with E-state index in [9.17, 15) is 24.8 Å². The Balaban J connectivity index is 2.00. The highest BCUT2D eigenvalue weighted by Crippen LogP contribution is 2.37. The van der Waals surface area contributed by atoms with Gasteiger partial charge in [-0.25, -0.2) is 9.79 Å². The second-order valence-corrected chi connectivity index (χ2v) is 10.2. The Morgan fingerprint density at radius 3 is 2.64 bits per heavy atom. The number of rotatable bonds is 8. The molecule has 2 aromatic carbocycles. The van der Waals surface area contributed by atoms with Gasteiger partial charge in [-0.2, -0.15) is 0 Å². The highest BCUT2D eigenvalue weighted by Gasteiger charge is 2.34. The van der Waals surface area contributed by atoms with Gasteiger partial charge >= 0.3 is 11.7 Å². The van der Waals surface area contributed by atoms with E-state index in [-0.39, 0.29) is 22.3 Å². The van der Waals surface area contributed by atoms with E-state index in [1.54, 1.807) is 32.0 Å². The lowest BCUT2D eigenvalue weighted by molar-refractivity contribution is -0.385. The molecule has 1 N–H and O–H groups in total. The van der Waals surface area contributed by atoms with Gasteiger partial charge in [-0.3, -0.25) is 19.5 Å². The number of phenols is 1. The largest absolute Gasteiger partial charge is 0.502 e. The maximum absolute atomic E-state index is 13.8. The minimum atomic E-state index is -0.905. The summed E-state index contributed by atoms with van der Waals surface area (Å²) in [6, 6.07) is 6.84. The second kappa shape index (κ2) is 11.4. The molecule has 4 rings (SSSR count). The van der Waals surface area contributed by atoms with Gasteiger partial charge in [-0.1, -0.05) is 33.3 Å². The molecular weight excluding hydrogens is 594 g/mol. The van der Waals surface area contributed by atoms with Gasteiger partial charge in [0, 0.05) is 16.1 Å². The molecule has 0 unspecified atom stereocenters. The number of nitro groups is 1. The molecule has 1 aliphatic rings. The van der Waals surface area contributed by atoms with Gasteiger partial charge in [0.25, 0.3) is 5.56 Å². The molecule has 0 bridgehead atoms. The molecule has 0 fully saturated rings. The van der Waals surface area contributed by atoms with E-state index in [0.29, 0.717) is 38.6 Å². The number of thiazole rings is 1. The van der Waals surface area contributed by atoms with Crippen molar-refractivity contribution in [2.75, 3.05) is 20.3 Å². The van der Waals surface area contributed by atoms with Gasteiger partial charge in [0.05, 0.1) is 47.1 Å². The normalized spacial score (nSPS) is 15.0. The molecule has 3 aromatic rings. The van der Waals surface area contributed by atoms with Gasteiger partial charge in [-0.15, -0.1) is 0 Å². The van der Waals surface area contributed by atoms with Crippen LogP contribution in [-0.2, 0) is 9.53 Å². The second-order valence-electron chi connectivity index (χ2n) is 8.27. The predicted molar refractivity (Wildman–Crippen MR) is 147 cm³/mol. The molecule has 0 radical (unpaired) electrons. The number of halogens is 1. The Labute approximate surface area is 234 Å². The van der Waals surface area contributed by atoms with Crippen molar-refractivity contribution in [3.05, 3.63) is 87.0 Å². The first-order chi connectivity index (χ1) is 18.6. The van der Waals surface area contributed by atoms with Crippen molar-refractivity contribution >= 4 is 45.0 Å². The third-order valence-electron chi connectivity index (χ3n) is 5.89. The van der Waals surface area contributed by atoms with Crippen LogP contribution in [-0.4, -0.2) is 40.9 Å². The number of nitro benzene ring substituents is 1. The van der Waals surface area contributed by atoms with Crippen LogP contribution in [0.1, 0.15) is 37.9 Å². The summed E-state index contributed by atoms with van der Waals surface area (Å²) >= 11 is 4.23. The lowest BCUT2D eigenvalue weighted by Crippen LogP contribution is -2.40. The van der Waals surface area contributed by atoms with Gasteiger partial charge in [0.15, 0.2) is 16.3 Å². The zero-order valence-corrected chi connectivity index (χ0v) is 23.8. The maximum Gasteiger partial charge on any atom is 0.338 e. The number of hydrogen-bond donors (Lipinski definition) is 1. The molecule has 204 valence electrons. The van der Waals surface area contributed by atoms with E-state index in [2.05, 4.69) is 20.9 Å². The molecule has 0 aliphatic carbocycles. The minimum absolute atomic E-state index is 0.0716. The summed E-state index contributed by atoms with van der Waals surface area (Å²) in [4.78, 5) is 42.4. The number of allylic oxidation sites excluding steroid dienone is 1. The summed E-state index contributed by atoms with van der Waals surface area (Å²) in [5.41, 5.74) is 0.176. The molecule has 11 nitrogen and oxygen atoms in total. The summed E-state index contributed by atoms with van der Waals surface area (Å²) in [5, 5.41) is 21.9. The number of hydrogen-bond acceptors (Lipinski definition) is 10. The Hall–Kier alpha value is -3.97. The van der Waals surface area contributed by atoms with Crippen LogP contribution in [0.3, 0.4) is 0 Å². The number of methoxy groups -OCH3 is 1. The van der Waals surface area contributed by atoms with Crippen LogP contribution in [0, 0.1) is 10.1 Å². The summed E-state index contributed by atoms with van der Waals surface area (Å²) < 4.78 is 18.3. The quantitative estimate of drug-likeness (QED) is 0.229. The number of aromatic nitrogens is 1. The van der Waals surface area contributed by atoms with E-state index in [1.807, 2.05) is 6.92 Å². The molecule has 0 spiro atoms. The molecule has 2 heterocycles. The number of aromatic hydroxyl groups is 1. The fourth-order valence-corrected chi connectivity index (χ4v) is 5.74. The molecule has 13 heteroatoms. The van der Waals surface area contributed by atoms with Crippen molar-refractivity contribution in [3.63, 3.8) is 0 Å². The van der Waals surface area contributed by atoms with Crippen molar-refractivity contribution in [3.8, 4) is 17.2 Å². The van der Waals surface area contributed by atoms with Crippen LogP contribution in [0.5, 0.6) is 17.2 Å². The standard InChI is InChI=1S/C26H24BrN3O8S/c1-5-37-19-10-14(7-8-18(19)36-4)22-21(25(33)38-6-2)13(3)28-26-29(22)24(32)20(39-26)11-15-9-16(27)12-17(23(15)31)30(34)35/h7-12,22,31H,5-6H2,1-4H3/b20-11-/t22-/m1/s1. The topological polar surface area (TPSA) is 142 Å². The summed E-state index contributed by atoms with van der Waals surface area (Å²) in [7, 11) is 1.51. The number of esters is 1. The van der Waals surface area contributed by atoms with Crippen LogP contribution in [0.4, 0.5) is 5.69 Å². The fourth-order valence-electron chi connectivity index (χ4n) is 4.23. The molecule has 1 aliphatic heterocycles. The predicted octanol–water partition coefficient (Wildman–Crippen LogP) is 3.58. The first kappa shape index (κ1) is 28.0. The lowest BCUT2D eigenvalue weighted by atomic mass is 9.95. The van der Waals surface area contributed by atoms with Gasteiger partial charge in [-0.05, 0) is 50.6 Å². The third kappa shape index (κ3) is 5.32. The third-order valence-corrected chi connectivity index (χ3v) is 7.33. The average molecular weight is 618 g/mol. The fraction of sp³-hybridized carbons (Fsp3) is 0.269. The monoisotopic (exact) mass is 617 g/mol. The average Bonchev–Trinajstić information content (AvgIpc) is 3.19. The molecule has 1 aromatic heterocycles. The molecule has 0 saturated carbocycles. The van der Waals surface area contributed by atoms with Gasteiger partial charge < -0.3 is 19.3 Å². The number of fused-ring (bicyclic) bond motifs is 1. The number of carbonyl (C=O) groups excluding carboxylic acids is 1. The van der Waals surface area contributed by atoms with Crippen molar-refractivity contribution in [2.24, 2.45) is 4.99 Å². The molecule has 0 saturated heterocycles. The highest BCUT2D eigenvalue weighted by atomic mass is 79.9. The van der Waals surface area contributed by atoms with Crippen LogP contribution >= 0.6 is 27.3 Å². The number of carbonyl (C=O) groups is 1. The van der Waals surface area contributed by atoms with Gasteiger partial charge in [0.1, 0.15) is 0 Å². The van der Waals surface area contributed by atoms with Crippen molar-refractivity contribution in [1.29, 1.82) is 0 Å². The first-order valence-electron chi connectivity index (χ1n) is 11.8. The number of phenolic OH excluding ortho intramolecular Hbond substituents is 1. The zero-order chi connectivity index (χ0) is 28.4. The molecule has 0 amide bonds. The summed E-state index contributed by atoms with van der Waals surface area (Å²) in [6.07, 6.45) is 1.36. The van der Waals surface area contributed by atoms with E-state index < -0.39 is 33.9 Å². The maximum atomic E-state index is 13.8. The van der Waals surface area contributed by atoms with Crippen LogP contribution < -0.4 is 24.4 Å². The van der Waals surface area contributed by atoms with Crippen LogP contribution in [0.25, 0.3) is 6.08 Å². The molecule has 39 heavy (non-hydrogen) atoms. The van der Waals surface area contributed by atoms with Crippen LogP contribution in [0.2, 0.25) is 0 Å². The summed E-state index contributed by atoms with van der Waals surface area (Å²) in [5.74, 6) is -0.278. The number of ether oxygens (including phenoxy) is 3. The highest BCUT2D eigenvalue weighted by molar-refractivity contribution is 9.10. The first-order valence-corrected chi connectivity index (χ1v) is 13.4. The van der Waals surface area contributed by atoms with E-state index >= 15 is 0 Å².